The summed E-state index contributed by atoms with van der Waals surface area (Å²) in [5.74, 6) is 0.445. The number of fused-ring (bicyclic) bond motifs is 1. The number of aldehydes is 1. The van der Waals surface area contributed by atoms with E-state index in [9.17, 15) is 9.59 Å². The van der Waals surface area contributed by atoms with Gasteiger partial charge in [-0.1, -0.05) is 19.9 Å². The Balaban J connectivity index is 1.49. The summed E-state index contributed by atoms with van der Waals surface area (Å²) in [6, 6.07) is 9.53. The summed E-state index contributed by atoms with van der Waals surface area (Å²) in [5.41, 5.74) is 3.35. The van der Waals surface area contributed by atoms with E-state index in [1.54, 1.807) is 34.2 Å². The van der Waals surface area contributed by atoms with Crippen LogP contribution in [0.15, 0.2) is 48.1 Å². The van der Waals surface area contributed by atoms with Gasteiger partial charge in [-0.2, -0.15) is 5.10 Å². The van der Waals surface area contributed by atoms with Gasteiger partial charge < -0.3 is 15.0 Å². The second-order valence-corrected chi connectivity index (χ2v) is 10.5. The van der Waals surface area contributed by atoms with Crippen LogP contribution in [0.2, 0.25) is 0 Å². The number of nitrogens with zero attached hydrogens (tertiary/aromatic N) is 6. The van der Waals surface area contributed by atoms with Gasteiger partial charge in [-0.3, -0.25) is 9.69 Å². The van der Waals surface area contributed by atoms with Crippen molar-refractivity contribution in [2.45, 2.75) is 45.7 Å². The maximum Gasteiger partial charge on any atom is 0.251 e. The summed E-state index contributed by atoms with van der Waals surface area (Å²) in [4.78, 5) is 40.0. The first kappa shape index (κ1) is 26.0. The highest BCUT2D eigenvalue weighted by Crippen LogP contribution is 2.31. The summed E-state index contributed by atoms with van der Waals surface area (Å²) in [6.07, 6.45) is 6.40. The third-order valence-corrected chi connectivity index (χ3v) is 8.00. The fourth-order valence-electron chi connectivity index (χ4n) is 4.83. The summed E-state index contributed by atoms with van der Waals surface area (Å²) < 4.78 is 1.72. The van der Waals surface area contributed by atoms with E-state index >= 15 is 0 Å². The van der Waals surface area contributed by atoms with E-state index in [0.717, 1.165) is 54.9 Å². The van der Waals surface area contributed by atoms with Crippen molar-refractivity contribution in [3.05, 3.63) is 53.7 Å². The predicted molar refractivity (Wildman–Crippen MR) is 151 cm³/mol. The van der Waals surface area contributed by atoms with Crippen molar-refractivity contribution in [2.75, 3.05) is 31.1 Å². The minimum Gasteiger partial charge on any atom is -0.350 e. The molecule has 1 fully saturated rings. The van der Waals surface area contributed by atoms with E-state index in [1.165, 1.54) is 0 Å². The standard InChI is InChI=1S/C28H33N7O2S/c1-4-10-33(5-2)19(3)16-29-28(37)20-14-24(31-26(15-20)34-11-8-21(34)18-36)22-17-30-35-12-9-23(32-27(22)35)25-7-6-13-38-25/h6-7,9,12-15,17-19,21H,4-5,8,10-11,16H2,1-3H3,(H,29,37)/t19-,21-/m0/s1. The molecule has 38 heavy (non-hydrogen) atoms. The van der Waals surface area contributed by atoms with E-state index in [-0.39, 0.29) is 18.0 Å². The van der Waals surface area contributed by atoms with Crippen LogP contribution in [-0.2, 0) is 4.79 Å². The van der Waals surface area contributed by atoms with Gasteiger partial charge in [-0.25, -0.2) is 14.5 Å². The lowest BCUT2D eigenvalue weighted by molar-refractivity contribution is -0.109. The van der Waals surface area contributed by atoms with Crippen LogP contribution in [-0.4, -0.2) is 74.9 Å². The molecule has 4 aromatic heterocycles. The molecule has 0 radical (unpaired) electrons. The van der Waals surface area contributed by atoms with Crippen molar-refractivity contribution in [3.63, 3.8) is 0 Å². The van der Waals surface area contributed by atoms with Crippen molar-refractivity contribution in [1.29, 1.82) is 0 Å². The smallest absolute Gasteiger partial charge is 0.251 e. The zero-order valence-corrected chi connectivity index (χ0v) is 22.8. The molecule has 0 bridgehead atoms. The molecule has 0 spiro atoms. The van der Waals surface area contributed by atoms with Crippen LogP contribution in [0.4, 0.5) is 5.82 Å². The molecule has 1 saturated heterocycles. The Bertz CT molecular complexity index is 1420. The number of pyridine rings is 1. The number of nitrogens with one attached hydrogen (secondary N) is 1. The normalized spacial score (nSPS) is 16.0. The average Bonchev–Trinajstić information content (AvgIpc) is 3.60. The lowest BCUT2D eigenvalue weighted by Gasteiger charge is -2.38. The number of amides is 1. The Morgan fingerprint density at radius 1 is 1.26 bits per heavy atom. The maximum atomic E-state index is 13.4. The molecular formula is C28H33N7O2S. The number of hydrogen-bond acceptors (Lipinski definition) is 8. The van der Waals surface area contributed by atoms with Crippen LogP contribution in [0.3, 0.4) is 0 Å². The van der Waals surface area contributed by atoms with Gasteiger partial charge in [-0.15, -0.1) is 11.3 Å². The number of hydrogen-bond donors (Lipinski definition) is 1. The Hall–Kier alpha value is -3.63. The predicted octanol–water partition coefficient (Wildman–Crippen LogP) is 4.15. The summed E-state index contributed by atoms with van der Waals surface area (Å²) >= 11 is 1.63. The molecule has 5 heterocycles. The summed E-state index contributed by atoms with van der Waals surface area (Å²) in [5, 5.41) is 9.61. The van der Waals surface area contributed by atoms with Crippen LogP contribution in [0, 0.1) is 0 Å². The molecule has 4 aromatic rings. The van der Waals surface area contributed by atoms with Gasteiger partial charge in [0.1, 0.15) is 12.1 Å². The molecule has 1 aliphatic heterocycles. The van der Waals surface area contributed by atoms with Crippen LogP contribution in [0.5, 0.6) is 0 Å². The number of rotatable bonds is 11. The SMILES string of the molecule is CCCN(CC)[C@@H](C)CNC(=O)c1cc(-c2cnn3ccc(-c4cccs4)nc23)nc(N2CC[C@H]2C=O)c1. The van der Waals surface area contributed by atoms with E-state index in [1.807, 2.05) is 34.7 Å². The Labute approximate surface area is 226 Å². The number of thiophene rings is 1. The largest absolute Gasteiger partial charge is 0.350 e. The number of anilines is 1. The lowest BCUT2D eigenvalue weighted by atomic mass is 10.0. The number of likely N-dealkylation sites (N-methyl/N-ethyl adjacent to an activating group) is 1. The monoisotopic (exact) mass is 531 g/mol. The third kappa shape index (κ3) is 5.19. The van der Waals surface area contributed by atoms with Crippen LogP contribution >= 0.6 is 11.3 Å². The quantitative estimate of drug-likeness (QED) is 0.291. The van der Waals surface area contributed by atoms with Gasteiger partial charge in [0.25, 0.3) is 5.91 Å². The number of aromatic nitrogens is 4. The molecular weight excluding hydrogens is 498 g/mol. The first-order valence-electron chi connectivity index (χ1n) is 13.2. The fraction of sp³-hybridized carbons (Fsp3) is 0.393. The molecule has 1 N–H and O–H groups in total. The first-order chi connectivity index (χ1) is 18.5. The second kappa shape index (κ2) is 11.4. The van der Waals surface area contributed by atoms with E-state index < -0.39 is 0 Å². The zero-order chi connectivity index (χ0) is 26.6. The topological polar surface area (TPSA) is 95.7 Å². The van der Waals surface area contributed by atoms with Gasteiger partial charge in [0.05, 0.1) is 34.1 Å². The van der Waals surface area contributed by atoms with Gasteiger partial charge in [0.15, 0.2) is 5.65 Å². The van der Waals surface area contributed by atoms with E-state index in [0.29, 0.717) is 29.3 Å². The molecule has 1 aliphatic rings. The Kier molecular flexibility index (Phi) is 7.80. The van der Waals surface area contributed by atoms with Crippen LogP contribution < -0.4 is 10.2 Å². The summed E-state index contributed by atoms with van der Waals surface area (Å²) in [7, 11) is 0. The van der Waals surface area contributed by atoms with E-state index in [2.05, 4.69) is 36.1 Å². The molecule has 9 nitrogen and oxygen atoms in total. The molecule has 2 atom stereocenters. The molecule has 0 unspecified atom stereocenters. The number of carbonyl (C=O) groups excluding carboxylic acids is 2. The fourth-order valence-corrected chi connectivity index (χ4v) is 5.52. The molecule has 0 aromatic carbocycles. The molecule has 198 valence electrons. The maximum absolute atomic E-state index is 13.4. The highest BCUT2D eigenvalue weighted by atomic mass is 32.1. The van der Waals surface area contributed by atoms with Gasteiger partial charge >= 0.3 is 0 Å². The van der Waals surface area contributed by atoms with Crippen molar-refractivity contribution in [1.82, 2.24) is 29.8 Å². The minimum atomic E-state index is -0.228. The van der Waals surface area contributed by atoms with Crippen LogP contribution in [0.25, 0.3) is 27.5 Å². The average molecular weight is 532 g/mol. The third-order valence-electron chi connectivity index (χ3n) is 7.11. The molecule has 0 saturated carbocycles. The molecule has 10 heteroatoms. The second-order valence-electron chi connectivity index (χ2n) is 9.59. The van der Waals surface area contributed by atoms with Crippen LogP contribution in [0.1, 0.15) is 44.0 Å². The first-order valence-corrected chi connectivity index (χ1v) is 14.0. The highest BCUT2D eigenvalue weighted by Gasteiger charge is 2.30. The lowest BCUT2D eigenvalue weighted by Crippen LogP contribution is -2.49. The number of carbonyl (C=O) groups is 2. The molecule has 0 aliphatic carbocycles. The van der Waals surface area contributed by atoms with E-state index in [4.69, 9.17) is 9.97 Å². The summed E-state index contributed by atoms with van der Waals surface area (Å²) in [6.45, 7) is 9.63. The van der Waals surface area contributed by atoms with Crippen molar-refractivity contribution < 1.29 is 9.59 Å². The van der Waals surface area contributed by atoms with Crippen molar-refractivity contribution in [3.8, 4) is 21.8 Å². The van der Waals surface area contributed by atoms with Crippen molar-refractivity contribution in [2.24, 2.45) is 0 Å². The zero-order valence-electron chi connectivity index (χ0n) is 22.0. The Morgan fingerprint density at radius 2 is 2.13 bits per heavy atom. The molecule has 1 amide bonds. The van der Waals surface area contributed by atoms with Gasteiger partial charge in [0.2, 0.25) is 0 Å². The van der Waals surface area contributed by atoms with Gasteiger partial charge in [0, 0.05) is 30.9 Å². The minimum absolute atomic E-state index is 0.166. The van der Waals surface area contributed by atoms with Crippen molar-refractivity contribution >= 4 is 35.0 Å². The molecule has 5 rings (SSSR count). The van der Waals surface area contributed by atoms with Gasteiger partial charge in [-0.05, 0) is 62.5 Å². The Morgan fingerprint density at radius 3 is 2.82 bits per heavy atom. The highest BCUT2D eigenvalue weighted by molar-refractivity contribution is 7.13.